The van der Waals surface area contributed by atoms with Crippen LogP contribution in [0.3, 0.4) is 0 Å². The monoisotopic (exact) mass is 420 g/mol. The summed E-state index contributed by atoms with van der Waals surface area (Å²) in [6.07, 6.45) is 3.43. The maximum Gasteiger partial charge on any atom is 0 e. The Kier molecular flexibility index (Phi) is 8.61. The van der Waals surface area contributed by atoms with E-state index in [2.05, 4.69) is 56.3 Å². The Balaban J connectivity index is 0.000000202. The van der Waals surface area contributed by atoms with Crippen molar-refractivity contribution in [3.63, 3.8) is 0 Å². The molecule has 29 heavy (non-hydrogen) atoms. The van der Waals surface area contributed by atoms with Gasteiger partial charge in [-0.3, -0.25) is 0 Å². The smallest absolute Gasteiger partial charge is 0 e. The minimum absolute atomic E-state index is 0. The molecular formula is C27H24FeO-6. The van der Waals surface area contributed by atoms with Gasteiger partial charge in [0.25, 0.3) is 0 Å². The van der Waals surface area contributed by atoms with Crippen LogP contribution in [0, 0.1) is 13.8 Å². The van der Waals surface area contributed by atoms with E-state index >= 15 is 0 Å². The zero-order chi connectivity index (χ0) is 19.8. The van der Waals surface area contributed by atoms with Crippen LogP contribution in [0.15, 0.2) is 103 Å². The topological polar surface area (TPSA) is 17.1 Å². The molecule has 0 amide bonds. The van der Waals surface area contributed by atoms with Crippen molar-refractivity contribution in [3.8, 4) is 11.1 Å². The van der Waals surface area contributed by atoms with Crippen LogP contribution in [-0.2, 0) is 17.1 Å². The van der Waals surface area contributed by atoms with Gasteiger partial charge in [-0.25, -0.2) is 0 Å². The molecule has 1 nitrogen and oxygen atoms in total. The van der Waals surface area contributed by atoms with E-state index in [0.717, 1.165) is 11.1 Å². The summed E-state index contributed by atoms with van der Waals surface area (Å²) in [4.78, 5) is 11.6. The standard InChI is InChI=1S/C14H11O.C13H13.Fe/c15-14(13-8-4-5-9-13)11-10-12-6-2-1-3-7-12;1-10-7-11(2)9-13(8-10)12-5-3-4-6-12;/h1-11H;3-9H,1-2H3;/q-5;-1;. The van der Waals surface area contributed by atoms with Crippen LogP contribution in [0.4, 0.5) is 0 Å². The zero-order valence-electron chi connectivity index (χ0n) is 16.7. The summed E-state index contributed by atoms with van der Waals surface area (Å²) >= 11 is 0. The molecule has 0 aliphatic heterocycles. The van der Waals surface area contributed by atoms with Crippen LogP contribution in [-0.4, -0.2) is 5.78 Å². The number of carbonyl (C=O) groups is 1. The van der Waals surface area contributed by atoms with Crippen LogP contribution in [0.2, 0.25) is 0 Å². The van der Waals surface area contributed by atoms with E-state index in [1.807, 2.05) is 60.7 Å². The van der Waals surface area contributed by atoms with Gasteiger partial charge in [-0.2, -0.15) is 18.2 Å². The van der Waals surface area contributed by atoms with Crippen molar-refractivity contribution in [2.45, 2.75) is 13.8 Å². The molecule has 0 N–H and O–H groups in total. The Morgan fingerprint density at radius 2 is 1.45 bits per heavy atom. The summed E-state index contributed by atoms with van der Waals surface area (Å²) in [7, 11) is 0. The van der Waals surface area contributed by atoms with Crippen molar-refractivity contribution < 1.29 is 21.9 Å². The van der Waals surface area contributed by atoms with Gasteiger partial charge < -0.3 is 46.5 Å². The van der Waals surface area contributed by atoms with Crippen LogP contribution in [0.25, 0.3) is 17.2 Å². The first-order chi connectivity index (χ1) is 13.6. The molecule has 0 saturated carbocycles. The van der Waals surface area contributed by atoms with Crippen molar-refractivity contribution in [2.24, 2.45) is 0 Å². The van der Waals surface area contributed by atoms with E-state index < -0.39 is 0 Å². The van der Waals surface area contributed by atoms with Crippen molar-refractivity contribution in [1.29, 1.82) is 0 Å². The van der Waals surface area contributed by atoms with E-state index in [0.29, 0.717) is 0 Å². The number of aryl methyl sites for hydroxylation is 2. The average Bonchev–Trinajstić information content (AvgIpc) is 3.40. The Morgan fingerprint density at radius 3 is 2.03 bits per heavy atom. The third kappa shape index (κ3) is 6.87. The molecule has 0 aromatic heterocycles. The summed E-state index contributed by atoms with van der Waals surface area (Å²) in [6, 6.07) is 32.3. The third-order valence-corrected chi connectivity index (χ3v) is 4.39. The van der Waals surface area contributed by atoms with E-state index in [1.54, 1.807) is 6.08 Å². The summed E-state index contributed by atoms with van der Waals surface area (Å²) in [5.74, 6) is 0.0452. The zero-order valence-corrected chi connectivity index (χ0v) is 17.8. The fourth-order valence-electron chi connectivity index (χ4n) is 3.08. The quantitative estimate of drug-likeness (QED) is 0.151. The predicted octanol–water partition coefficient (Wildman–Crippen LogP) is 6.99. The number of carbonyl (C=O) groups excluding carboxylic acids is 1. The first-order valence-electron chi connectivity index (χ1n) is 9.41. The first-order valence-corrected chi connectivity index (χ1v) is 9.41. The molecule has 2 heteroatoms. The van der Waals surface area contributed by atoms with Gasteiger partial charge in [-0.05, 0) is 13.8 Å². The fourth-order valence-corrected chi connectivity index (χ4v) is 3.08. The number of hydrogen-bond acceptors (Lipinski definition) is 1. The van der Waals surface area contributed by atoms with E-state index in [4.69, 9.17) is 0 Å². The summed E-state index contributed by atoms with van der Waals surface area (Å²) in [6.45, 7) is 4.28. The number of hydrogen-bond donors (Lipinski definition) is 0. The molecule has 0 unspecified atom stereocenters. The maximum atomic E-state index is 11.6. The normalized spacial score (nSPS) is 10.1. The Labute approximate surface area is 183 Å². The van der Waals surface area contributed by atoms with Crippen LogP contribution in [0.5, 0.6) is 0 Å². The molecule has 4 rings (SSSR count). The second-order valence-electron chi connectivity index (χ2n) is 6.83. The summed E-state index contributed by atoms with van der Waals surface area (Å²) in [5.41, 5.74) is 7.07. The van der Waals surface area contributed by atoms with Crippen LogP contribution in [0.1, 0.15) is 27.0 Å². The Morgan fingerprint density at radius 1 is 0.862 bits per heavy atom. The van der Waals surface area contributed by atoms with Gasteiger partial charge in [0.2, 0.25) is 0 Å². The Hall–Kier alpha value is -2.93. The van der Waals surface area contributed by atoms with Crippen molar-refractivity contribution in [3.05, 3.63) is 125 Å². The van der Waals surface area contributed by atoms with Crippen LogP contribution < -0.4 is 0 Å². The van der Waals surface area contributed by atoms with E-state index in [-0.39, 0.29) is 22.9 Å². The fraction of sp³-hybridized carbons (Fsp3) is 0.0741. The average molecular weight is 420 g/mol. The molecule has 0 aliphatic rings. The molecule has 4 aromatic rings. The van der Waals surface area contributed by atoms with Gasteiger partial charge in [0.05, 0.1) is 0 Å². The first kappa shape index (κ1) is 22.4. The van der Waals surface area contributed by atoms with Gasteiger partial charge in [0.1, 0.15) is 0 Å². The van der Waals surface area contributed by atoms with Gasteiger partial charge in [0, 0.05) is 17.1 Å². The molecule has 0 bridgehead atoms. The van der Waals surface area contributed by atoms with E-state index in [1.165, 1.54) is 22.3 Å². The maximum absolute atomic E-state index is 11.6. The molecule has 0 aliphatic carbocycles. The molecular weight excluding hydrogens is 396 g/mol. The minimum atomic E-state index is 0. The number of ketones is 1. The van der Waals surface area contributed by atoms with Gasteiger partial charge in [-0.15, -0.1) is 29.8 Å². The molecule has 0 spiro atoms. The third-order valence-electron chi connectivity index (χ3n) is 4.39. The van der Waals surface area contributed by atoms with Gasteiger partial charge in [-0.1, -0.05) is 58.7 Å². The molecule has 152 valence electrons. The second-order valence-corrected chi connectivity index (χ2v) is 6.83. The second kappa shape index (κ2) is 11.2. The number of rotatable bonds is 4. The molecule has 0 fully saturated rings. The number of benzene rings is 2. The van der Waals surface area contributed by atoms with Crippen molar-refractivity contribution in [2.75, 3.05) is 0 Å². The largest absolute Gasteiger partial charge is 0.645 e. The molecule has 0 heterocycles. The van der Waals surface area contributed by atoms with Crippen molar-refractivity contribution >= 4 is 11.9 Å². The number of allylic oxidation sites excluding steroid dienone is 1. The van der Waals surface area contributed by atoms with Crippen LogP contribution >= 0.6 is 0 Å². The van der Waals surface area contributed by atoms with Gasteiger partial charge >= 0.3 is 0 Å². The SMILES string of the molecule is Cc1cc(C)cc(-[c-]2cccc2)c1.O=C(C=Cc1ccccc1)[c-]1[cH-][cH-][cH-][cH-]1.[Fe]. The molecule has 0 saturated heterocycles. The summed E-state index contributed by atoms with van der Waals surface area (Å²) in [5, 5.41) is 0. The van der Waals surface area contributed by atoms with Gasteiger partial charge in [0.15, 0.2) is 0 Å². The molecule has 0 radical (unpaired) electrons. The van der Waals surface area contributed by atoms with Crippen molar-refractivity contribution in [1.82, 2.24) is 0 Å². The van der Waals surface area contributed by atoms with E-state index in [9.17, 15) is 4.79 Å². The molecule has 0 atom stereocenters. The predicted molar refractivity (Wildman–Crippen MR) is 119 cm³/mol. The minimum Gasteiger partial charge on any atom is -0.645 e. The summed E-state index contributed by atoms with van der Waals surface area (Å²) < 4.78 is 0. The molecule has 4 aromatic carbocycles. The Bertz CT molecular complexity index is 1000.